The standard InChI is InChI=1S/C13H15BFNO3S/c1-9-13(20-8-16-9)4-5-19-7-10-2-3-11(15)6-12(10)14(17)18/h2-3,6,8,17-18H,4-5,7H2,1H3. The first-order valence-electron chi connectivity index (χ1n) is 6.19. The van der Waals surface area contributed by atoms with E-state index in [0.29, 0.717) is 12.2 Å². The molecule has 106 valence electrons. The molecule has 0 radical (unpaired) electrons. The first-order chi connectivity index (χ1) is 9.58. The third kappa shape index (κ3) is 3.86. The molecule has 0 atom stereocenters. The van der Waals surface area contributed by atoms with Crippen LogP contribution in [0.3, 0.4) is 0 Å². The maximum Gasteiger partial charge on any atom is 0.488 e. The van der Waals surface area contributed by atoms with E-state index in [4.69, 9.17) is 4.74 Å². The van der Waals surface area contributed by atoms with Gasteiger partial charge in [-0.25, -0.2) is 9.37 Å². The minimum absolute atomic E-state index is 0.138. The Morgan fingerprint density at radius 3 is 2.85 bits per heavy atom. The van der Waals surface area contributed by atoms with Crippen LogP contribution in [0.2, 0.25) is 0 Å². The summed E-state index contributed by atoms with van der Waals surface area (Å²) in [5, 5.41) is 18.4. The van der Waals surface area contributed by atoms with Gasteiger partial charge in [-0.3, -0.25) is 0 Å². The van der Waals surface area contributed by atoms with Crippen molar-refractivity contribution in [3.8, 4) is 0 Å². The van der Waals surface area contributed by atoms with Crippen LogP contribution in [-0.4, -0.2) is 28.8 Å². The molecule has 7 heteroatoms. The number of aryl methyl sites for hydroxylation is 1. The van der Waals surface area contributed by atoms with E-state index in [-0.39, 0.29) is 12.1 Å². The van der Waals surface area contributed by atoms with Gasteiger partial charge in [0.05, 0.1) is 24.4 Å². The fraction of sp³-hybridized carbons (Fsp3) is 0.308. The first kappa shape index (κ1) is 15.1. The second kappa shape index (κ2) is 6.94. The number of thiazole rings is 1. The molecule has 0 saturated carbocycles. The SMILES string of the molecule is Cc1ncsc1CCOCc1ccc(F)cc1B(O)O. The van der Waals surface area contributed by atoms with Gasteiger partial charge in [-0.05, 0) is 30.1 Å². The minimum atomic E-state index is -1.70. The summed E-state index contributed by atoms with van der Waals surface area (Å²) < 4.78 is 18.6. The van der Waals surface area contributed by atoms with Crippen LogP contribution < -0.4 is 5.46 Å². The van der Waals surface area contributed by atoms with Crippen molar-refractivity contribution in [1.82, 2.24) is 4.98 Å². The predicted octanol–water partition coefficient (Wildman–Crippen LogP) is 1.03. The highest BCUT2D eigenvalue weighted by Gasteiger charge is 2.16. The fourth-order valence-electron chi connectivity index (χ4n) is 1.85. The smallest absolute Gasteiger partial charge is 0.423 e. The van der Waals surface area contributed by atoms with Crippen LogP contribution in [-0.2, 0) is 17.8 Å². The van der Waals surface area contributed by atoms with Crippen molar-refractivity contribution in [2.45, 2.75) is 20.0 Å². The lowest BCUT2D eigenvalue weighted by atomic mass is 9.77. The van der Waals surface area contributed by atoms with Crippen molar-refractivity contribution >= 4 is 23.9 Å². The quantitative estimate of drug-likeness (QED) is 0.617. The van der Waals surface area contributed by atoms with Gasteiger partial charge >= 0.3 is 7.12 Å². The summed E-state index contributed by atoms with van der Waals surface area (Å²) in [7, 11) is -1.70. The number of benzene rings is 1. The zero-order chi connectivity index (χ0) is 14.5. The van der Waals surface area contributed by atoms with Crippen molar-refractivity contribution < 1.29 is 19.2 Å². The maximum atomic E-state index is 13.1. The lowest BCUT2D eigenvalue weighted by Gasteiger charge is -2.09. The molecule has 0 unspecified atom stereocenters. The van der Waals surface area contributed by atoms with E-state index < -0.39 is 12.9 Å². The van der Waals surface area contributed by atoms with Crippen molar-refractivity contribution in [3.63, 3.8) is 0 Å². The summed E-state index contributed by atoms with van der Waals surface area (Å²) in [5.41, 5.74) is 3.51. The van der Waals surface area contributed by atoms with Crippen LogP contribution in [0.5, 0.6) is 0 Å². The Balaban J connectivity index is 1.89. The zero-order valence-corrected chi connectivity index (χ0v) is 11.9. The average Bonchev–Trinajstić information content (AvgIpc) is 2.81. The second-order valence-corrected chi connectivity index (χ2v) is 5.32. The third-order valence-corrected chi connectivity index (χ3v) is 3.96. The van der Waals surface area contributed by atoms with Gasteiger partial charge in [0.25, 0.3) is 0 Å². The van der Waals surface area contributed by atoms with Gasteiger partial charge < -0.3 is 14.8 Å². The Morgan fingerprint density at radius 2 is 2.20 bits per heavy atom. The van der Waals surface area contributed by atoms with E-state index >= 15 is 0 Å². The summed E-state index contributed by atoms with van der Waals surface area (Å²) in [6.07, 6.45) is 0.759. The Kier molecular flexibility index (Phi) is 5.25. The summed E-state index contributed by atoms with van der Waals surface area (Å²) >= 11 is 1.59. The molecular weight excluding hydrogens is 280 g/mol. The molecule has 0 amide bonds. The number of halogens is 1. The number of rotatable bonds is 6. The van der Waals surface area contributed by atoms with E-state index in [1.165, 1.54) is 17.0 Å². The van der Waals surface area contributed by atoms with E-state index in [9.17, 15) is 14.4 Å². The summed E-state index contributed by atoms with van der Waals surface area (Å²) in [5.74, 6) is -0.503. The number of nitrogens with zero attached hydrogens (tertiary/aromatic N) is 1. The Bertz CT molecular complexity index is 576. The molecule has 1 heterocycles. The van der Waals surface area contributed by atoms with Gasteiger partial charge in [-0.1, -0.05) is 6.07 Å². The van der Waals surface area contributed by atoms with E-state index in [1.54, 1.807) is 16.8 Å². The van der Waals surface area contributed by atoms with Crippen LogP contribution in [0.25, 0.3) is 0 Å². The number of hydrogen-bond donors (Lipinski definition) is 2. The lowest BCUT2D eigenvalue weighted by Crippen LogP contribution is -2.33. The monoisotopic (exact) mass is 295 g/mol. The maximum absolute atomic E-state index is 13.1. The van der Waals surface area contributed by atoms with Gasteiger partial charge in [0.2, 0.25) is 0 Å². The van der Waals surface area contributed by atoms with Gasteiger partial charge in [0, 0.05) is 11.3 Å². The minimum Gasteiger partial charge on any atom is -0.423 e. The second-order valence-electron chi connectivity index (χ2n) is 4.38. The van der Waals surface area contributed by atoms with Gasteiger partial charge in [-0.2, -0.15) is 0 Å². The molecule has 2 rings (SSSR count). The van der Waals surface area contributed by atoms with Crippen molar-refractivity contribution in [2.75, 3.05) is 6.61 Å². The molecule has 0 aliphatic carbocycles. The number of hydrogen-bond acceptors (Lipinski definition) is 5. The Labute approximate surface area is 121 Å². The Morgan fingerprint density at radius 1 is 1.40 bits per heavy atom. The highest BCUT2D eigenvalue weighted by molar-refractivity contribution is 7.09. The fourth-order valence-corrected chi connectivity index (χ4v) is 2.61. The third-order valence-electron chi connectivity index (χ3n) is 2.96. The zero-order valence-electron chi connectivity index (χ0n) is 11.0. The predicted molar refractivity (Wildman–Crippen MR) is 76.4 cm³/mol. The Hall–Kier alpha value is -1.28. The van der Waals surface area contributed by atoms with Crippen LogP contribution in [0.1, 0.15) is 16.1 Å². The number of ether oxygens (including phenoxy) is 1. The lowest BCUT2D eigenvalue weighted by molar-refractivity contribution is 0.124. The number of aromatic nitrogens is 1. The molecule has 0 spiro atoms. The van der Waals surface area contributed by atoms with Crippen LogP contribution in [0.4, 0.5) is 4.39 Å². The molecule has 0 bridgehead atoms. The molecule has 2 N–H and O–H groups in total. The van der Waals surface area contributed by atoms with Gasteiger partial charge in [0.15, 0.2) is 0 Å². The highest BCUT2D eigenvalue weighted by Crippen LogP contribution is 2.13. The van der Waals surface area contributed by atoms with Crippen molar-refractivity contribution in [3.05, 3.63) is 45.7 Å². The van der Waals surface area contributed by atoms with Gasteiger partial charge in [-0.15, -0.1) is 11.3 Å². The summed E-state index contributed by atoms with van der Waals surface area (Å²) in [4.78, 5) is 5.33. The topological polar surface area (TPSA) is 62.6 Å². The van der Waals surface area contributed by atoms with Crippen LogP contribution >= 0.6 is 11.3 Å². The molecule has 0 fully saturated rings. The summed E-state index contributed by atoms with van der Waals surface area (Å²) in [6.45, 7) is 2.67. The average molecular weight is 295 g/mol. The molecule has 1 aromatic heterocycles. The molecule has 0 aliphatic rings. The van der Waals surface area contributed by atoms with Crippen LogP contribution in [0, 0.1) is 12.7 Å². The van der Waals surface area contributed by atoms with E-state index in [1.807, 2.05) is 6.92 Å². The molecule has 0 saturated heterocycles. The van der Waals surface area contributed by atoms with Crippen LogP contribution in [0.15, 0.2) is 23.7 Å². The molecule has 0 aliphatic heterocycles. The molecule has 20 heavy (non-hydrogen) atoms. The van der Waals surface area contributed by atoms with Crippen molar-refractivity contribution in [2.24, 2.45) is 0 Å². The largest absolute Gasteiger partial charge is 0.488 e. The normalized spacial score (nSPS) is 10.8. The van der Waals surface area contributed by atoms with E-state index in [2.05, 4.69) is 4.98 Å². The highest BCUT2D eigenvalue weighted by atomic mass is 32.1. The first-order valence-corrected chi connectivity index (χ1v) is 7.07. The molecular formula is C13H15BFNO3S. The molecule has 1 aromatic carbocycles. The molecule has 4 nitrogen and oxygen atoms in total. The van der Waals surface area contributed by atoms with E-state index in [0.717, 1.165) is 18.2 Å². The van der Waals surface area contributed by atoms with Gasteiger partial charge in [0.1, 0.15) is 5.82 Å². The van der Waals surface area contributed by atoms with Crippen molar-refractivity contribution in [1.29, 1.82) is 0 Å². The molecule has 2 aromatic rings. The summed E-state index contributed by atoms with van der Waals surface area (Å²) in [6, 6.07) is 3.89.